The van der Waals surface area contributed by atoms with Gasteiger partial charge in [-0.3, -0.25) is 4.79 Å². The van der Waals surface area contributed by atoms with Gasteiger partial charge in [0.05, 0.1) is 11.1 Å². The molecule has 0 radical (unpaired) electrons. The molecule has 0 unspecified atom stereocenters. The average Bonchev–Trinajstić information content (AvgIpc) is 3.24. The minimum absolute atomic E-state index is 0.0249. The van der Waals surface area contributed by atoms with Crippen molar-refractivity contribution in [3.05, 3.63) is 77.1 Å². The lowest BCUT2D eigenvalue weighted by atomic mass is 10.0. The third kappa shape index (κ3) is 4.65. The van der Waals surface area contributed by atoms with Gasteiger partial charge in [0.2, 0.25) is 0 Å². The maximum atomic E-state index is 14.3. The van der Waals surface area contributed by atoms with Crippen LogP contribution in [0.15, 0.2) is 54.6 Å². The molecule has 1 fully saturated rings. The van der Waals surface area contributed by atoms with E-state index in [1.54, 1.807) is 18.2 Å². The molecule has 31 heavy (non-hydrogen) atoms. The fraction of sp³-hybridized carbons (Fsp3) is 0.292. The highest BCUT2D eigenvalue weighted by Crippen LogP contribution is 2.33. The molecule has 1 amide bonds. The number of nitrogens with one attached hydrogen (secondary N) is 1. The molecule has 0 saturated heterocycles. The number of hydrogen-bond donors (Lipinski definition) is 1. The largest absolute Gasteiger partial charge is 0.487 e. The summed E-state index contributed by atoms with van der Waals surface area (Å²) in [5.74, 6) is -1.000. The number of alkyl halides is 3. The maximum Gasteiger partial charge on any atom is 0.416 e. The van der Waals surface area contributed by atoms with Crippen molar-refractivity contribution < 1.29 is 27.1 Å². The van der Waals surface area contributed by atoms with Gasteiger partial charge in [-0.05, 0) is 36.4 Å². The van der Waals surface area contributed by atoms with Crippen LogP contribution in [-0.4, -0.2) is 11.9 Å². The Morgan fingerprint density at radius 3 is 2.48 bits per heavy atom. The number of amides is 1. The number of ether oxygens (including phenoxy) is 1. The first-order valence-electron chi connectivity index (χ1n) is 10.1. The third-order valence-corrected chi connectivity index (χ3v) is 5.57. The molecular weight excluding hydrogens is 410 g/mol. The van der Waals surface area contributed by atoms with Crippen molar-refractivity contribution in [3.8, 4) is 5.75 Å². The Hall–Kier alpha value is -3.09. The van der Waals surface area contributed by atoms with Crippen molar-refractivity contribution in [2.24, 2.45) is 0 Å². The van der Waals surface area contributed by atoms with Crippen LogP contribution in [0.1, 0.15) is 47.2 Å². The normalized spacial score (nSPS) is 14.7. The smallest absolute Gasteiger partial charge is 0.416 e. The topological polar surface area (TPSA) is 38.3 Å². The molecule has 162 valence electrons. The number of rotatable bonds is 5. The van der Waals surface area contributed by atoms with Gasteiger partial charge in [-0.15, -0.1) is 0 Å². The van der Waals surface area contributed by atoms with Crippen LogP contribution in [0.25, 0.3) is 10.8 Å². The second-order valence-corrected chi connectivity index (χ2v) is 7.71. The first kappa shape index (κ1) is 21.2. The summed E-state index contributed by atoms with van der Waals surface area (Å²) >= 11 is 0. The summed E-state index contributed by atoms with van der Waals surface area (Å²) in [5, 5.41) is 4.53. The van der Waals surface area contributed by atoms with Crippen molar-refractivity contribution in [3.63, 3.8) is 0 Å². The molecular formula is C24H21F4NO2. The second-order valence-electron chi connectivity index (χ2n) is 7.71. The monoisotopic (exact) mass is 431 g/mol. The average molecular weight is 431 g/mol. The van der Waals surface area contributed by atoms with E-state index in [4.69, 9.17) is 4.74 Å². The van der Waals surface area contributed by atoms with Crippen molar-refractivity contribution in [1.29, 1.82) is 0 Å². The molecule has 3 aromatic carbocycles. The number of fused-ring (bicyclic) bond motifs is 1. The molecule has 1 saturated carbocycles. The van der Waals surface area contributed by atoms with Crippen LogP contribution < -0.4 is 10.1 Å². The van der Waals surface area contributed by atoms with E-state index in [1.165, 1.54) is 0 Å². The molecule has 1 N–H and O–H groups in total. The standard InChI is InChI=1S/C24H21F4NO2/c25-21-13-17(24(26,27)28)11-9-16(21)14-31-22-19-8-4-1-5-15(19)10-12-20(22)23(30)29-18-6-2-3-7-18/h1,4-5,8-13,18H,2-3,6-7,14H2,(H,29,30). The Labute approximate surface area is 177 Å². The SMILES string of the molecule is O=C(NC1CCCC1)c1ccc2ccccc2c1OCc1ccc(C(F)(F)F)cc1F. The fourth-order valence-corrected chi connectivity index (χ4v) is 3.90. The zero-order valence-electron chi connectivity index (χ0n) is 16.6. The Morgan fingerprint density at radius 1 is 1.03 bits per heavy atom. The molecule has 3 nitrogen and oxygen atoms in total. The van der Waals surface area contributed by atoms with Crippen molar-refractivity contribution >= 4 is 16.7 Å². The Morgan fingerprint density at radius 2 is 1.77 bits per heavy atom. The van der Waals surface area contributed by atoms with Crippen LogP contribution in [0.3, 0.4) is 0 Å². The number of carbonyl (C=O) groups excluding carboxylic acids is 1. The quantitative estimate of drug-likeness (QED) is 0.485. The molecule has 4 rings (SSSR count). The van der Waals surface area contributed by atoms with Gasteiger partial charge >= 0.3 is 6.18 Å². The molecule has 1 aliphatic carbocycles. The third-order valence-electron chi connectivity index (χ3n) is 5.57. The van der Waals surface area contributed by atoms with Crippen LogP contribution in [-0.2, 0) is 12.8 Å². The highest BCUT2D eigenvalue weighted by molar-refractivity contribution is 6.04. The summed E-state index contributed by atoms with van der Waals surface area (Å²) < 4.78 is 58.5. The van der Waals surface area contributed by atoms with Crippen molar-refractivity contribution in [2.45, 2.75) is 44.5 Å². The lowest BCUT2D eigenvalue weighted by Gasteiger charge is -2.17. The van der Waals surface area contributed by atoms with Gasteiger partial charge in [0, 0.05) is 17.0 Å². The lowest BCUT2D eigenvalue weighted by Crippen LogP contribution is -2.32. The molecule has 3 aromatic rings. The summed E-state index contributed by atoms with van der Waals surface area (Å²) in [5.41, 5.74) is -0.767. The fourth-order valence-electron chi connectivity index (χ4n) is 3.90. The van der Waals surface area contributed by atoms with Gasteiger partial charge < -0.3 is 10.1 Å². The van der Waals surface area contributed by atoms with E-state index >= 15 is 0 Å². The number of hydrogen-bond acceptors (Lipinski definition) is 2. The Balaban J connectivity index is 1.63. The van der Waals surface area contributed by atoms with Crippen molar-refractivity contribution in [1.82, 2.24) is 5.32 Å². The zero-order valence-corrected chi connectivity index (χ0v) is 16.6. The summed E-state index contributed by atoms with van der Waals surface area (Å²) in [6.45, 7) is -0.304. The van der Waals surface area contributed by atoms with Crippen LogP contribution in [0.4, 0.5) is 17.6 Å². The minimum atomic E-state index is -4.62. The van der Waals surface area contributed by atoms with Crippen LogP contribution in [0.5, 0.6) is 5.75 Å². The lowest BCUT2D eigenvalue weighted by molar-refractivity contribution is -0.137. The molecule has 7 heteroatoms. The van der Waals surface area contributed by atoms with Crippen LogP contribution in [0, 0.1) is 5.82 Å². The first-order valence-corrected chi connectivity index (χ1v) is 10.1. The van der Waals surface area contributed by atoms with Crippen LogP contribution >= 0.6 is 0 Å². The summed E-state index contributed by atoms with van der Waals surface area (Å²) in [7, 11) is 0. The first-order chi connectivity index (χ1) is 14.8. The number of benzene rings is 3. The summed E-state index contributed by atoms with van der Waals surface area (Å²) in [6, 6.07) is 13.2. The highest BCUT2D eigenvalue weighted by Gasteiger charge is 2.31. The van der Waals surface area contributed by atoms with E-state index in [1.807, 2.05) is 18.2 Å². The molecule has 0 aromatic heterocycles. The molecule has 1 aliphatic rings. The van der Waals surface area contributed by atoms with E-state index in [0.29, 0.717) is 17.0 Å². The zero-order chi connectivity index (χ0) is 22.0. The van der Waals surface area contributed by atoms with Gasteiger partial charge in [-0.1, -0.05) is 49.2 Å². The van der Waals surface area contributed by atoms with Crippen molar-refractivity contribution in [2.75, 3.05) is 0 Å². The van der Waals surface area contributed by atoms with E-state index in [-0.39, 0.29) is 29.9 Å². The van der Waals surface area contributed by atoms with Gasteiger partial charge in [0.25, 0.3) is 5.91 Å². The Bertz CT molecular complexity index is 1100. The van der Waals surface area contributed by atoms with E-state index < -0.39 is 17.6 Å². The van der Waals surface area contributed by atoms with E-state index in [0.717, 1.165) is 43.2 Å². The minimum Gasteiger partial charge on any atom is -0.487 e. The molecule has 0 spiro atoms. The predicted molar refractivity (Wildman–Crippen MR) is 109 cm³/mol. The molecule has 0 heterocycles. The maximum absolute atomic E-state index is 14.3. The van der Waals surface area contributed by atoms with Gasteiger partial charge in [-0.2, -0.15) is 13.2 Å². The molecule has 0 aliphatic heterocycles. The van der Waals surface area contributed by atoms with E-state index in [2.05, 4.69) is 5.32 Å². The van der Waals surface area contributed by atoms with Gasteiger partial charge in [0.15, 0.2) is 0 Å². The summed E-state index contributed by atoms with van der Waals surface area (Å²) in [6.07, 6.45) is -0.641. The van der Waals surface area contributed by atoms with Gasteiger partial charge in [-0.25, -0.2) is 4.39 Å². The number of carbonyl (C=O) groups is 1. The molecule has 0 atom stereocenters. The number of halogens is 4. The van der Waals surface area contributed by atoms with Gasteiger partial charge in [0.1, 0.15) is 18.2 Å². The summed E-state index contributed by atoms with van der Waals surface area (Å²) in [4.78, 5) is 12.9. The highest BCUT2D eigenvalue weighted by atomic mass is 19.4. The Kier molecular flexibility index (Phi) is 5.85. The van der Waals surface area contributed by atoms with E-state index in [9.17, 15) is 22.4 Å². The molecule has 0 bridgehead atoms. The van der Waals surface area contributed by atoms with Crippen LogP contribution in [0.2, 0.25) is 0 Å². The second kappa shape index (κ2) is 8.57. The predicted octanol–water partition coefficient (Wildman–Crippen LogP) is 6.25.